The summed E-state index contributed by atoms with van der Waals surface area (Å²) >= 11 is 0. The maximum absolute atomic E-state index is 3.39. The molecule has 2 rings (SSSR count). The molecule has 0 aromatic heterocycles. The third-order valence-corrected chi connectivity index (χ3v) is 2.38. The molecular weight excluding hydrogens is 110 g/mol. The van der Waals surface area contributed by atoms with Gasteiger partial charge in [0.15, 0.2) is 0 Å². The topological polar surface area (TPSA) is 12.0 Å². The molecule has 0 amide bonds. The Balaban J connectivity index is 2.17. The SMILES string of the molecule is C1CCC2=C(C1)CNC2. The molecule has 1 N–H and O–H groups in total. The lowest BCUT2D eigenvalue weighted by Crippen LogP contribution is -2.08. The number of hydrogen-bond donors (Lipinski definition) is 1. The summed E-state index contributed by atoms with van der Waals surface area (Å²) in [5.74, 6) is 0. The van der Waals surface area contributed by atoms with Crippen LogP contribution in [0.4, 0.5) is 0 Å². The standard InChI is InChI=1S/C8H13N/c1-2-4-8-6-9-5-7(8)3-1/h9H,1-6H2. The molecule has 0 aromatic rings. The molecule has 0 unspecified atom stereocenters. The number of hydrogen-bond acceptors (Lipinski definition) is 1. The second-order valence-electron chi connectivity index (χ2n) is 3.02. The fourth-order valence-corrected chi connectivity index (χ4v) is 1.82. The van der Waals surface area contributed by atoms with Crippen LogP contribution in [0.2, 0.25) is 0 Å². The van der Waals surface area contributed by atoms with E-state index in [9.17, 15) is 0 Å². The zero-order valence-corrected chi connectivity index (χ0v) is 5.74. The summed E-state index contributed by atoms with van der Waals surface area (Å²) in [6, 6.07) is 0. The molecule has 1 heteroatoms. The van der Waals surface area contributed by atoms with Crippen molar-refractivity contribution in [2.75, 3.05) is 13.1 Å². The maximum Gasteiger partial charge on any atom is 0.0170 e. The first-order chi connectivity index (χ1) is 4.47. The summed E-state index contributed by atoms with van der Waals surface area (Å²) in [6.45, 7) is 2.38. The fourth-order valence-electron chi connectivity index (χ4n) is 1.82. The van der Waals surface area contributed by atoms with E-state index in [1.807, 2.05) is 0 Å². The van der Waals surface area contributed by atoms with Gasteiger partial charge < -0.3 is 5.32 Å². The highest BCUT2D eigenvalue weighted by Gasteiger charge is 2.16. The minimum atomic E-state index is 1.19. The van der Waals surface area contributed by atoms with Gasteiger partial charge in [-0.1, -0.05) is 11.1 Å². The van der Waals surface area contributed by atoms with Gasteiger partial charge in [0.1, 0.15) is 0 Å². The lowest BCUT2D eigenvalue weighted by molar-refractivity contribution is 0.681. The van der Waals surface area contributed by atoms with E-state index in [1.54, 1.807) is 11.1 Å². The van der Waals surface area contributed by atoms with Crippen molar-refractivity contribution in [3.63, 3.8) is 0 Å². The normalized spacial score (nSPS) is 26.7. The van der Waals surface area contributed by atoms with Crippen LogP contribution in [0.1, 0.15) is 25.7 Å². The minimum Gasteiger partial charge on any atom is -0.309 e. The van der Waals surface area contributed by atoms with E-state index in [4.69, 9.17) is 0 Å². The quantitative estimate of drug-likeness (QED) is 0.481. The molecule has 1 nitrogen and oxygen atoms in total. The van der Waals surface area contributed by atoms with Crippen LogP contribution in [-0.2, 0) is 0 Å². The van der Waals surface area contributed by atoms with Crippen molar-refractivity contribution in [3.05, 3.63) is 11.1 Å². The summed E-state index contributed by atoms with van der Waals surface area (Å²) in [5.41, 5.74) is 3.45. The Hall–Kier alpha value is -0.300. The van der Waals surface area contributed by atoms with Gasteiger partial charge >= 0.3 is 0 Å². The Bertz CT molecular complexity index is 131. The molecule has 0 bridgehead atoms. The Morgan fingerprint density at radius 1 is 0.889 bits per heavy atom. The molecule has 1 heterocycles. The molecule has 0 saturated heterocycles. The summed E-state index contributed by atoms with van der Waals surface area (Å²) in [7, 11) is 0. The highest BCUT2D eigenvalue weighted by molar-refractivity contribution is 5.24. The zero-order valence-electron chi connectivity index (χ0n) is 5.74. The monoisotopic (exact) mass is 123 g/mol. The van der Waals surface area contributed by atoms with Crippen molar-refractivity contribution in [2.45, 2.75) is 25.7 Å². The van der Waals surface area contributed by atoms with Crippen molar-refractivity contribution >= 4 is 0 Å². The number of nitrogens with one attached hydrogen (secondary N) is 1. The van der Waals surface area contributed by atoms with Crippen LogP contribution < -0.4 is 5.32 Å². The molecule has 0 radical (unpaired) electrons. The molecule has 0 aromatic carbocycles. The van der Waals surface area contributed by atoms with Crippen molar-refractivity contribution in [2.24, 2.45) is 0 Å². The van der Waals surface area contributed by atoms with E-state index >= 15 is 0 Å². The average Bonchev–Trinajstić information content (AvgIpc) is 2.33. The molecule has 50 valence electrons. The largest absolute Gasteiger partial charge is 0.309 e. The summed E-state index contributed by atoms with van der Waals surface area (Å²) in [4.78, 5) is 0. The molecule has 0 fully saturated rings. The zero-order chi connectivity index (χ0) is 6.10. The van der Waals surface area contributed by atoms with Gasteiger partial charge in [-0.15, -0.1) is 0 Å². The first-order valence-electron chi connectivity index (χ1n) is 3.87. The summed E-state index contributed by atoms with van der Waals surface area (Å²) in [6.07, 6.45) is 5.62. The maximum atomic E-state index is 3.39. The van der Waals surface area contributed by atoms with Crippen molar-refractivity contribution in [1.29, 1.82) is 0 Å². The van der Waals surface area contributed by atoms with Crippen LogP contribution in [-0.4, -0.2) is 13.1 Å². The van der Waals surface area contributed by atoms with E-state index in [2.05, 4.69) is 5.32 Å². The molecule has 2 aliphatic rings. The highest BCUT2D eigenvalue weighted by Crippen LogP contribution is 2.26. The van der Waals surface area contributed by atoms with E-state index in [-0.39, 0.29) is 0 Å². The van der Waals surface area contributed by atoms with Crippen molar-refractivity contribution in [3.8, 4) is 0 Å². The Morgan fingerprint density at radius 2 is 1.44 bits per heavy atom. The van der Waals surface area contributed by atoms with Gasteiger partial charge in [0.2, 0.25) is 0 Å². The van der Waals surface area contributed by atoms with Crippen LogP contribution in [0.5, 0.6) is 0 Å². The van der Waals surface area contributed by atoms with Crippen LogP contribution in [0.3, 0.4) is 0 Å². The van der Waals surface area contributed by atoms with E-state index in [1.165, 1.54) is 38.8 Å². The Labute approximate surface area is 56.1 Å². The predicted octanol–water partition coefficient (Wildman–Crippen LogP) is 1.46. The smallest absolute Gasteiger partial charge is 0.0170 e. The first-order valence-corrected chi connectivity index (χ1v) is 3.87. The first kappa shape index (κ1) is 5.48. The van der Waals surface area contributed by atoms with Gasteiger partial charge in [0, 0.05) is 13.1 Å². The second kappa shape index (κ2) is 2.14. The third-order valence-electron chi connectivity index (χ3n) is 2.38. The fraction of sp³-hybridized carbons (Fsp3) is 0.750. The van der Waals surface area contributed by atoms with Gasteiger partial charge in [0.05, 0.1) is 0 Å². The van der Waals surface area contributed by atoms with Gasteiger partial charge in [-0.05, 0) is 25.7 Å². The minimum absolute atomic E-state index is 1.19. The van der Waals surface area contributed by atoms with Crippen molar-refractivity contribution < 1.29 is 0 Å². The van der Waals surface area contributed by atoms with Crippen LogP contribution in [0, 0.1) is 0 Å². The Kier molecular flexibility index (Phi) is 1.31. The number of rotatable bonds is 0. The van der Waals surface area contributed by atoms with E-state index < -0.39 is 0 Å². The van der Waals surface area contributed by atoms with Crippen LogP contribution >= 0.6 is 0 Å². The van der Waals surface area contributed by atoms with Gasteiger partial charge in [-0.3, -0.25) is 0 Å². The molecule has 1 aliphatic carbocycles. The molecule has 9 heavy (non-hydrogen) atoms. The van der Waals surface area contributed by atoms with Crippen LogP contribution in [0.15, 0.2) is 11.1 Å². The molecule has 0 spiro atoms. The van der Waals surface area contributed by atoms with Gasteiger partial charge in [-0.25, -0.2) is 0 Å². The van der Waals surface area contributed by atoms with Gasteiger partial charge in [-0.2, -0.15) is 0 Å². The second-order valence-corrected chi connectivity index (χ2v) is 3.02. The molecule has 0 saturated carbocycles. The van der Waals surface area contributed by atoms with Crippen LogP contribution in [0.25, 0.3) is 0 Å². The highest BCUT2D eigenvalue weighted by atomic mass is 14.9. The summed E-state index contributed by atoms with van der Waals surface area (Å²) < 4.78 is 0. The summed E-state index contributed by atoms with van der Waals surface area (Å²) in [5, 5.41) is 3.39. The average molecular weight is 123 g/mol. The molecule has 0 atom stereocenters. The molecular formula is C8H13N. The van der Waals surface area contributed by atoms with Crippen molar-refractivity contribution in [1.82, 2.24) is 5.32 Å². The lowest BCUT2D eigenvalue weighted by atomic mass is 9.94. The lowest BCUT2D eigenvalue weighted by Gasteiger charge is -2.11. The Morgan fingerprint density at radius 3 is 2.00 bits per heavy atom. The predicted molar refractivity (Wildman–Crippen MR) is 38.4 cm³/mol. The third kappa shape index (κ3) is 0.897. The van der Waals surface area contributed by atoms with E-state index in [0.29, 0.717) is 0 Å². The van der Waals surface area contributed by atoms with Gasteiger partial charge in [0.25, 0.3) is 0 Å². The van der Waals surface area contributed by atoms with E-state index in [0.717, 1.165) is 0 Å². The molecule has 1 aliphatic heterocycles.